The number of halogens is 2. The number of fused-ring (bicyclic) bond motifs is 1. The maximum atomic E-state index is 14.6. The summed E-state index contributed by atoms with van der Waals surface area (Å²) in [5, 5.41) is 0. The smallest absolute Gasteiger partial charge is 0.369 e. The lowest BCUT2D eigenvalue weighted by molar-refractivity contribution is 0.219. The molecule has 0 amide bonds. The van der Waals surface area contributed by atoms with E-state index in [1.54, 1.807) is 36.4 Å². The number of nitrogens with two attached hydrogens (primary N) is 1. The van der Waals surface area contributed by atoms with Gasteiger partial charge in [-0.3, -0.25) is 14.3 Å². The third-order valence-corrected chi connectivity index (χ3v) is 6.05. The molecule has 0 atom stereocenters. The summed E-state index contributed by atoms with van der Waals surface area (Å²) >= 11 is 1.70. The summed E-state index contributed by atoms with van der Waals surface area (Å²) in [4.78, 5) is 22.0. The van der Waals surface area contributed by atoms with Crippen LogP contribution < -0.4 is 11.3 Å². The van der Waals surface area contributed by atoms with E-state index in [1.807, 2.05) is 0 Å². The van der Waals surface area contributed by atoms with Crippen molar-refractivity contribution in [1.29, 1.82) is 0 Å². The van der Waals surface area contributed by atoms with Crippen LogP contribution in [0.15, 0.2) is 20.3 Å². The molecule has 0 aromatic carbocycles. The van der Waals surface area contributed by atoms with Gasteiger partial charge in [-0.25, -0.2) is 4.98 Å². The lowest BCUT2D eigenvalue weighted by Crippen LogP contribution is -2.12. The zero-order valence-corrected chi connectivity index (χ0v) is 16.0. The summed E-state index contributed by atoms with van der Waals surface area (Å²) in [7, 11) is -4.01. The Morgan fingerprint density at radius 1 is 1.46 bits per heavy atom. The molecule has 3 N–H and O–H groups in total. The van der Waals surface area contributed by atoms with Crippen molar-refractivity contribution in [1.82, 2.24) is 19.5 Å². The number of anilines is 1. The maximum Gasteiger partial charge on any atom is 0.390 e. The number of nitrogens with zero attached hydrogens (tertiary/aromatic N) is 3. The second-order valence-corrected chi connectivity index (χ2v) is 7.73. The molecule has 2 aromatic rings. The summed E-state index contributed by atoms with van der Waals surface area (Å²) in [5.41, 5.74) is 4.31. The van der Waals surface area contributed by atoms with E-state index in [9.17, 15) is 13.8 Å². The highest BCUT2D eigenvalue weighted by Crippen LogP contribution is 2.58. The van der Waals surface area contributed by atoms with Crippen LogP contribution in [-0.2, 0) is 20.2 Å². The molecule has 132 valence electrons. The van der Waals surface area contributed by atoms with Crippen molar-refractivity contribution in [3.63, 3.8) is 0 Å². The number of aromatic nitrogens is 4. The minimum Gasteiger partial charge on any atom is -0.369 e. The molecule has 0 aliphatic rings. The number of aromatic amines is 1. The van der Waals surface area contributed by atoms with Gasteiger partial charge < -0.3 is 19.3 Å². The van der Waals surface area contributed by atoms with Crippen molar-refractivity contribution >= 4 is 47.3 Å². The zero-order valence-electron chi connectivity index (χ0n) is 13.0. The monoisotopic (exact) mass is 471 g/mol. The molecule has 0 fully saturated rings. The molecule has 24 heavy (non-hydrogen) atoms. The van der Waals surface area contributed by atoms with Gasteiger partial charge in [0, 0.05) is 0 Å². The van der Waals surface area contributed by atoms with Crippen molar-refractivity contribution < 1.29 is 18.0 Å². The van der Waals surface area contributed by atoms with E-state index in [-0.39, 0.29) is 40.5 Å². The first kappa shape index (κ1) is 19.0. The van der Waals surface area contributed by atoms with E-state index in [4.69, 9.17) is 14.8 Å². The van der Waals surface area contributed by atoms with Crippen LogP contribution in [0.25, 0.3) is 11.2 Å². The lowest BCUT2D eigenvalue weighted by Gasteiger charge is -2.16. The van der Waals surface area contributed by atoms with Crippen molar-refractivity contribution in [2.45, 2.75) is 20.4 Å². The highest BCUT2D eigenvalue weighted by molar-refractivity contribution is 14.1. The van der Waals surface area contributed by atoms with Gasteiger partial charge in [-0.2, -0.15) is 9.37 Å². The molecule has 0 radical (unpaired) electrons. The van der Waals surface area contributed by atoms with Crippen molar-refractivity contribution in [2.75, 3.05) is 18.9 Å². The molecule has 0 saturated heterocycles. The molecule has 9 nitrogen and oxygen atoms in total. The van der Waals surface area contributed by atoms with E-state index >= 15 is 0 Å². The first-order valence-corrected chi connectivity index (χ1v) is 9.59. The van der Waals surface area contributed by atoms with Crippen LogP contribution in [0.4, 0.5) is 10.3 Å². The molecular weight excluding hydrogens is 455 g/mol. The van der Waals surface area contributed by atoms with Crippen molar-refractivity contribution in [2.24, 2.45) is 0 Å². The molecule has 12 heteroatoms. The Morgan fingerprint density at radius 3 is 2.67 bits per heavy atom. The minimum absolute atomic E-state index is 0.0378. The number of imidazole rings is 1. The van der Waals surface area contributed by atoms with E-state index < -0.39 is 18.7 Å². The fourth-order valence-corrected chi connectivity index (χ4v) is 4.54. The van der Waals surface area contributed by atoms with Crippen LogP contribution >= 0.6 is 30.2 Å². The lowest BCUT2D eigenvalue weighted by atomic mass is 10.5. The highest BCUT2D eigenvalue weighted by atomic mass is 127. The number of nitrogen functional groups attached to an aromatic ring is 1. The van der Waals surface area contributed by atoms with Gasteiger partial charge in [-0.1, -0.05) is 0 Å². The molecule has 0 saturated carbocycles. The van der Waals surface area contributed by atoms with Gasteiger partial charge >= 0.3 is 7.60 Å². The second-order valence-electron chi connectivity index (χ2n) is 4.52. The number of hydrogen-bond acceptors (Lipinski definition) is 7. The predicted octanol–water partition coefficient (Wildman–Crippen LogP) is 2.54. The topological polar surface area (TPSA) is 125 Å². The normalized spacial score (nSPS) is 13.3. The molecular formula is C12H16FIN5O4P. The number of H-pyrrole nitrogens is 1. The fourth-order valence-electron chi connectivity index (χ4n) is 1.94. The van der Waals surface area contributed by atoms with Gasteiger partial charge in [-0.15, -0.1) is 0 Å². The van der Waals surface area contributed by atoms with Crippen LogP contribution in [0.2, 0.25) is 0 Å². The maximum absolute atomic E-state index is 14.6. The van der Waals surface area contributed by atoms with Gasteiger partial charge in [0.25, 0.3) is 5.56 Å². The van der Waals surface area contributed by atoms with Gasteiger partial charge in [0.2, 0.25) is 11.5 Å². The summed E-state index contributed by atoms with van der Waals surface area (Å²) in [5.74, 6) is -0.0805. The Kier molecular flexibility index (Phi) is 6.12. The molecule has 0 unspecified atom stereocenters. The third-order valence-electron chi connectivity index (χ3n) is 2.86. The molecule has 0 aliphatic heterocycles. The number of nitrogens with one attached hydrogen (secondary N) is 1. The standard InChI is InChI=1S/C12H16FIN5O4P/c1-3-22-24(21,23-4-2)9(13)7(14)5-19-6-16-8-10(19)17-12(15)18-11(8)20/h6H,3-5H2,1-2H3,(H3,15,17,18,20)/b9-7+. The molecule has 0 aliphatic carbocycles. The molecule has 2 heterocycles. The second kappa shape index (κ2) is 7.72. The fraction of sp³-hybridized carbons (Fsp3) is 0.417. The van der Waals surface area contributed by atoms with Crippen LogP contribution in [-0.4, -0.2) is 32.7 Å². The van der Waals surface area contributed by atoms with Gasteiger partial charge in [0.1, 0.15) is 0 Å². The van der Waals surface area contributed by atoms with E-state index in [0.29, 0.717) is 0 Å². The van der Waals surface area contributed by atoms with Gasteiger partial charge in [-0.05, 0) is 36.4 Å². The predicted molar refractivity (Wildman–Crippen MR) is 95.6 cm³/mol. The Balaban J connectivity index is 2.42. The van der Waals surface area contributed by atoms with Crippen molar-refractivity contribution in [3.05, 3.63) is 25.8 Å². The Labute approximate surface area is 150 Å². The summed E-state index contributed by atoms with van der Waals surface area (Å²) in [6.45, 7) is 3.21. The molecule has 0 spiro atoms. The Bertz CT molecular complexity index is 870. The summed E-state index contributed by atoms with van der Waals surface area (Å²) < 4.78 is 38.5. The Hall–Kier alpha value is -1.30. The van der Waals surface area contributed by atoms with E-state index in [1.165, 1.54) is 10.9 Å². The minimum atomic E-state index is -4.01. The van der Waals surface area contributed by atoms with E-state index in [2.05, 4.69) is 15.0 Å². The van der Waals surface area contributed by atoms with Crippen LogP contribution in [0.1, 0.15) is 13.8 Å². The number of hydrogen-bond donors (Lipinski definition) is 2. The van der Waals surface area contributed by atoms with Gasteiger partial charge in [0.15, 0.2) is 11.2 Å². The average molecular weight is 471 g/mol. The first-order valence-electron chi connectivity index (χ1n) is 6.96. The average Bonchev–Trinajstić information content (AvgIpc) is 2.90. The summed E-state index contributed by atoms with van der Waals surface area (Å²) in [6, 6.07) is 0. The molecule has 2 aromatic heterocycles. The SMILES string of the molecule is CCOP(=O)(OCC)/C(F)=C(/I)Cn1cnc2c(=O)[nH]c(N)nc21. The van der Waals surface area contributed by atoms with Crippen LogP contribution in [0, 0.1) is 0 Å². The quantitative estimate of drug-likeness (QED) is 0.470. The van der Waals surface area contributed by atoms with Gasteiger partial charge in [0.05, 0.1) is 29.7 Å². The van der Waals surface area contributed by atoms with Crippen LogP contribution in [0.3, 0.4) is 0 Å². The van der Waals surface area contributed by atoms with E-state index in [0.717, 1.165) is 0 Å². The Morgan fingerprint density at radius 2 is 2.08 bits per heavy atom. The zero-order chi connectivity index (χ0) is 17.9. The highest BCUT2D eigenvalue weighted by Gasteiger charge is 2.33. The summed E-state index contributed by atoms with van der Waals surface area (Å²) in [6.07, 6.45) is 1.32. The van der Waals surface area contributed by atoms with Crippen LogP contribution in [0.5, 0.6) is 0 Å². The number of allylic oxidation sites excluding steroid dienone is 1. The third kappa shape index (κ3) is 3.85. The number of rotatable bonds is 7. The molecule has 0 bridgehead atoms. The largest absolute Gasteiger partial charge is 0.390 e. The van der Waals surface area contributed by atoms with Crippen molar-refractivity contribution in [3.8, 4) is 0 Å². The molecule has 2 rings (SSSR count). The first-order chi connectivity index (χ1) is 11.3.